The van der Waals surface area contributed by atoms with Gasteiger partial charge in [-0.3, -0.25) is 14.2 Å². The molecule has 10 heteroatoms. The predicted molar refractivity (Wildman–Crippen MR) is 250 cm³/mol. The van der Waals surface area contributed by atoms with E-state index in [-0.39, 0.29) is 26.1 Å². The van der Waals surface area contributed by atoms with Gasteiger partial charge in [-0.2, -0.15) is 0 Å². The molecule has 0 fully saturated rings. The van der Waals surface area contributed by atoms with Crippen LogP contribution in [0.3, 0.4) is 0 Å². The third kappa shape index (κ3) is 45.7. The van der Waals surface area contributed by atoms with Crippen LogP contribution in [-0.2, 0) is 32.7 Å². The van der Waals surface area contributed by atoms with Crippen LogP contribution in [-0.4, -0.2) is 70.0 Å². The summed E-state index contributed by atoms with van der Waals surface area (Å²) in [5.41, 5.74) is 0. The number of allylic oxidation sites excluding steroid dienone is 6. The number of hydrogen-bond acceptors (Lipinski definition) is 8. The fraction of sp³-hybridized carbons (Fsp3) is 0.840. The molecule has 0 aromatic carbocycles. The van der Waals surface area contributed by atoms with Gasteiger partial charge in [-0.1, -0.05) is 172 Å². The third-order valence-corrected chi connectivity index (χ3v) is 11.6. The predicted octanol–water partition coefficient (Wildman–Crippen LogP) is 13.8. The van der Waals surface area contributed by atoms with Crippen molar-refractivity contribution in [2.45, 2.75) is 225 Å². The Bertz CT molecular complexity index is 1120. The number of rotatable bonds is 45. The van der Waals surface area contributed by atoms with Crippen molar-refractivity contribution in [3.05, 3.63) is 36.5 Å². The molecule has 0 saturated heterocycles. The Hall–Kier alpha value is -1.77. The maximum atomic E-state index is 12.7. The van der Waals surface area contributed by atoms with Crippen LogP contribution in [0.25, 0.3) is 0 Å². The lowest BCUT2D eigenvalue weighted by Crippen LogP contribution is -2.37. The van der Waals surface area contributed by atoms with Crippen molar-refractivity contribution in [1.29, 1.82) is 0 Å². The maximum Gasteiger partial charge on any atom is 0.306 e. The molecule has 0 bridgehead atoms. The highest BCUT2D eigenvalue weighted by Gasteiger charge is 2.21. The summed E-state index contributed by atoms with van der Waals surface area (Å²) >= 11 is 0. The number of phosphoric ester groups is 1. The molecule has 0 N–H and O–H groups in total. The lowest BCUT2D eigenvalue weighted by Gasteiger charge is -2.28. The van der Waals surface area contributed by atoms with Gasteiger partial charge < -0.3 is 27.9 Å². The van der Waals surface area contributed by atoms with Crippen LogP contribution < -0.4 is 4.89 Å². The number of phosphoric acid groups is 1. The molecule has 0 aromatic heterocycles. The summed E-state index contributed by atoms with van der Waals surface area (Å²) in [6.45, 7) is 4.21. The van der Waals surface area contributed by atoms with Crippen molar-refractivity contribution < 1.29 is 42.1 Å². The molecular weight excluding hydrogens is 774 g/mol. The Labute approximate surface area is 370 Å². The highest BCUT2D eigenvalue weighted by molar-refractivity contribution is 7.45. The van der Waals surface area contributed by atoms with Gasteiger partial charge in [-0.05, 0) is 70.6 Å². The van der Waals surface area contributed by atoms with Crippen LogP contribution in [0.5, 0.6) is 0 Å². The second kappa shape index (κ2) is 42.5. The molecule has 9 nitrogen and oxygen atoms in total. The zero-order valence-corrected chi connectivity index (χ0v) is 40.6. The van der Waals surface area contributed by atoms with Crippen molar-refractivity contribution in [1.82, 2.24) is 0 Å². The van der Waals surface area contributed by atoms with Gasteiger partial charge in [0.25, 0.3) is 7.82 Å². The van der Waals surface area contributed by atoms with Gasteiger partial charge in [-0.15, -0.1) is 0 Å². The largest absolute Gasteiger partial charge is 0.756 e. The van der Waals surface area contributed by atoms with E-state index in [9.17, 15) is 19.0 Å². The second-order valence-corrected chi connectivity index (χ2v) is 19.2. The molecule has 0 rings (SSSR count). The number of quaternary nitrogens is 1. The Morgan fingerprint density at radius 3 is 1.35 bits per heavy atom. The van der Waals surface area contributed by atoms with Crippen LogP contribution in [0.15, 0.2) is 36.5 Å². The first-order valence-electron chi connectivity index (χ1n) is 24.7. The Balaban J connectivity index is 4.23. The molecule has 0 heterocycles. The molecule has 0 spiro atoms. The van der Waals surface area contributed by atoms with E-state index in [4.69, 9.17) is 18.5 Å². The van der Waals surface area contributed by atoms with E-state index in [2.05, 4.69) is 50.3 Å². The van der Waals surface area contributed by atoms with E-state index in [1.54, 1.807) is 0 Å². The number of esters is 2. The summed E-state index contributed by atoms with van der Waals surface area (Å²) in [5.74, 6) is -0.842. The van der Waals surface area contributed by atoms with E-state index >= 15 is 0 Å². The zero-order chi connectivity index (χ0) is 44.3. The first-order valence-corrected chi connectivity index (χ1v) is 26.2. The number of carbonyl (C=O) groups excluding carboxylic acids is 2. The molecule has 0 radical (unpaired) electrons. The minimum absolute atomic E-state index is 0.0322. The van der Waals surface area contributed by atoms with Gasteiger partial charge in [0.05, 0.1) is 27.7 Å². The normalized spacial score (nSPS) is 13.8. The molecule has 352 valence electrons. The highest BCUT2D eigenvalue weighted by Crippen LogP contribution is 2.38. The maximum absolute atomic E-state index is 12.7. The van der Waals surface area contributed by atoms with Gasteiger partial charge in [-0.25, -0.2) is 0 Å². The van der Waals surface area contributed by atoms with Crippen molar-refractivity contribution in [3.8, 4) is 0 Å². The smallest absolute Gasteiger partial charge is 0.306 e. The van der Waals surface area contributed by atoms with Crippen molar-refractivity contribution in [2.24, 2.45) is 0 Å². The Morgan fingerprint density at radius 2 is 0.900 bits per heavy atom. The van der Waals surface area contributed by atoms with E-state index < -0.39 is 32.5 Å². The minimum Gasteiger partial charge on any atom is -0.756 e. The molecule has 2 unspecified atom stereocenters. The molecule has 0 saturated carbocycles. The first-order chi connectivity index (χ1) is 29.0. The highest BCUT2D eigenvalue weighted by atomic mass is 31.2. The molecule has 0 amide bonds. The van der Waals surface area contributed by atoms with Gasteiger partial charge in [0.1, 0.15) is 19.8 Å². The summed E-state index contributed by atoms with van der Waals surface area (Å²) in [7, 11) is 1.16. The van der Waals surface area contributed by atoms with E-state index in [0.717, 1.165) is 64.2 Å². The monoisotopic (exact) mass is 868 g/mol. The zero-order valence-electron chi connectivity index (χ0n) is 39.7. The van der Waals surface area contributed by atoms with Crippen molar-refractivity contribution >= 4 is 19.8 Å². The molecule has 60 heavy (non-hydrogen) atoms. The molecule has 0 aliphatic carbocycles. The topological polar surface area (TPSA) is 111 Å². The standard InChI is InChI=1S/C50H94NO8P/c1-6-8-10-12-14-16-18-20-21-22-23-24-25-26-27-28-29-31-33-35-37-39-41-43-50(53)59-48(47-58-60(54,55)57-45-44-51(3,4)5)46-56-49(52)42-40-38-36-34-32-30-19-17-15-13-11-9-7-2/h17-20,22-23,48H,6-16,21,24-47H2,1-5H3/b19-17-,20-18-,23-22-. The summed E-state index contributed by atoms with van der Waals surface area (Å²) in [6, 6.07) is 0. The van der Waals surface area contributed by atoms with Gasteiger partial charge in [0, 0.05) is 12.8 Å². The van der Waals surface area contributed by atoms with Gasteiger partial charge in [0.2, 0.25) is 0 Å². The lowest BCUT2D eigenvalue weighted by atomic mass is 10.0. The van der Waals surface area contributed by atoms with Gasteiger partial charge >= 0.3 is 11.9 Å². The van der Waals surface area contributed by atoms with Crippen LogP contribution >= 0.6 is 7.82 Å². The summed E-state index contributed by atoms with van der Waals surface area (Å²) in [4.78, 5) is 37.6. The molecule has 0 aliphatic rings. The number of likely N-dealkylation sites (N-methyl/N-ethyl adjacent to an activating group) is 1. The molecule has 0 aromatic rings. The molecule has 0 aliphatic heterocycles. The fourth-order valence-electron chi connectivity index (χ4n) is 6.74. The van der Waals surface area contributed by atoms with Crippen LogP contribution in [0.2, 0.25) is 0 Å². The van der Waals surface area contributed by atoms with Crippen molar-refractivity contribution in [3.63, 3.8) is 0 Å². The first kappa shape index (κ1) is 58.2. The SMILES string of the molecule is CCCCCC/C=C\CCCCCCCC(=O)OCC(COP(=O)([O-])OCC[N+](C)(C)C)OC(=O)CCCCCCCCCCCCC/C=C\C/C=C\CCCCCCC. The summed E-state index contributed by atoms with van der Waals surface area (Å²) in [6.07, 6.45) is 48.9. The second-order valence-electron chi connectivity index (χ2n) is 17.8. The average Bonchev–Trinajstić information content (AvgIpc) is 3.20. The summed E-state index contributed by atoms with van der Waals surface area (Å²) < 4.78 is 34.0. The van der Waals surface area contributed by atoms with Crippen LogP contribution in [0.1, 0.15) is 219 Å². The number of unbranched alkanes of at least 4 members (excludes halogenated alkanes) is 25. The van der Waals surface area contributed by atoms with E-state index in [1.807, 2.05) is 21.1 Å². The number of nitrogens with zero attached hydrogens (tertiary/aromatic N) is 1. The average molecular weight is 868 g/mol. The third-order valence-electron chi connectivity index (χ3n) is 10.6. The number of ether oxygens (including phenoxy) is 2. The molecular formula is C50H94NO8P. The van der Waals surface area contributed by atoms with Gasteiger partial charge in [0.15, 0.2) is 6.10 Å². The van der Waals surface area contributed by atoms with Crippen molar-refractivity contribution in [2.75, 3.05) is 47.5 Å². The van der Waals surface area contributed by atoms with E-state index in [1.165, 1.54) is 122 Å². The quantitative estimate of drug-likeness (QED) is 0.0196. The van der Waals surface area contributed by atoms with E-state index in [0.29, 0.717) is 17.4 Å². The summed E-state index contributed by atoms with van der Waals surface area (Å²) in [5, 5.41) is 0. The Kier molecular flexibility index (Phi) is 41.3. The van der Waals surface area contributed by atoms with Crippen LogP contribution in [0.4, 0.5) is 0 Å². The lowest BCUT2D eigenvalue weighted by molar-refractivity contribution is -0.870. The molecule has 2 atom stereocenters. The minimum atomic E-state index is -4.63. The fourth-order valence-corrected chi connectivity index (χ4v) is 7.47. The Morgan fingerprint density at radius 1 is 0.517 bits per heavy atom. The number of carbonyl (C=O) groups is 2. The number of hydrogen-bond donors (Lipinski definition) is 0. The van der Waals surface area contributed by atoms with Crippen LogP contribution in [0, 0.1) is 0 Å².